The summed E-state index contributed by atoms with van der Waals surface area (Å²) in [6.45, 7) is 0. The molecular formula is C42H30. The van der Waals surface area contributed by atoms with E-state index in [1.165, 1.54) is 28.7 Å². The van der Waals surface area contributed by atoms with Crippen LogP contribution in [0.1, 0.15) is 103 Å². The van der Waals surface area contributed by atoms with Gasteiger partial charge in [-0.1, -0.05) is 126 Å². The topological polar surface area (TPSA) is 0 Å². The zero-order valence-corrected chi connectivity index (χ0v) is 23.5. The average molecular weight is 535 g/mol. The van der Waals surface area contributed by atoms with E-state index in [-0.39, 0.29) is 0 Å². The fraction of sp³-hybridized carbons (Fsp3) is 0.190. The Morgan fingerprint density at radius 1 is 0.429 bits per heavy atom. The molecule has 0 saturated heterocycles. The van der Waals surface area contributed by atoms with Gasteiger partial charge < -0.3 is 0 Å². The fourth-order valence-electron chi connectivity index (χ4n) is 10.3. The van der Waals surface area contributed by atoms with Gasteiger partial charge in [0.05, 0.1) is 0 Å². The summed E-state index contributed by atoms with van der Waals surface area (Å²) in [5, 5.41) is 0. The first-order chi connectivity index (χ1) is 20.9. The first-order valence-electron chi connectivity index (χ1n) is 15.8. The number of hydrogen-bond donors (Lipinski definition) is 0. The largest absolute Gasteiger partial charge is 0.0793 e. The van der Waals surface area contributed by atoms with Gasteiger partial charge in [0.15, 0.2) is 0 Å². The van der Waals surface area contributed by atoms with E-state index in [1.807, 2.05) is 0 Å². The normalized spacial score (nSPS) is 26.1. The first kappa shape index (κ1) is 22.2. The number of fused-ring (bicyclic) bond motifs is 2. The smallest absolute Gasteiger partial charge is 0.0352 e. The highest BCUT2D eigenvalue weighted by Gasteiger charge is 2.49. The molecule has 0 radical (unpaired) electrons. The van der Waals surface area contributed by atoms with Crippen LogP contribution in [0.25, 0.3) is 5.57 Å². The molecule has 4 bridgehead atoms. The molecule has 8 aliphatic carbocycles. The molecule has 0 aromatic heterocycles. The van der Waals surface area contributed by atoms with Crippen molar-refractivity contribution >= 4 is 5.57 Å². The van der Waals surface area contributed by atoms with E-state index in [0.29, 0.717) is 29.6 Å². The summed E-state index contributed by atoms with van der Waals surface area (Å²) < 4.78 is 0. The van der Waals surface area contributed by atoms with Gasteiger partial charge in [-0.2, -0.15) is 0 Å². The minimum Gasteiger partial charge on any atom is -0.0793 e. The SMILES string of the molecule is C1=C2C3c4ccccc4C(c4ccccc43)[C@H]2c2cc3c(cc2C1)CCC1=C3C2c3ccccc3C1c1ccccc12. The standard InChI is InChI=1S/C42H30/c1-5-13-29-25(9-1)37-26-10-2-6-14-30(26)39(29)41-33(37)19-17-23-21-24-18-20-34-38-27-11-3-7-15-31(27)40(32-16-8-4-12-28(32)38)42(34)36(24)22-35(23)41/h1-16,19,21-22,37-41H,17-18,20H2/t37?,38?,39?,40?,41-/m1/s1. The van der Waals surface area contributed by atoms with E-state index in [2.05, 4.69) is 115 Å². The molecule has 8 aliphatic rings. The van der Waals surface area contributed by atoms with E-state index < -0.39 is 0 Å². The van der Waals surface area contributed by atoms with Gasteiger partial charge in [0, 0.05) is 29.6 Å². The molecule has 0 fully saturated rings. The Hall–Kier alpha value is -4.42. The number of allylic oxidation sites excluding steroid dienone is 4. The second-order valence-corrected chi connectivity index (χ2v) is 13.3. The Bertz CT molecular complexity index is 2010. The molecule has 13 rings (SSSR count). The molecule has 0 amide bonds. The van der Waals surface area contributed by atoms with Crippen molar-refractivity contribution in [2.45, 2.75) is 48.9 Å². The predicted octanol–water partition coefficient (Wildman–Crippen LogP) is 9.53. The lowest BCUT2D eigenvalue weighted by Gasteiger charge is -2.50. The van der Waals surface area contributed by atoms with Crippen molar-refractivity contribution < 1.29 is 0 Å². The second kappa shape index (κ2) is 7.69. The lowest BCUT2D eigenvalue weighted by molar-refractivity contribution is 0.547. The summed E-state index contributed by atoms with van der Waals surface area (Å²) in [6.07, 6.45) is 6.02. The number of aryl methyl sites for hydroxylation is 1. The Labute approximate surface area is 247 Å². The molecule has 0 spiro atoms. The second-order valence-electron chi connectivity index (χ2n) is 13.3. The van der Waals surface area contributed by atoms with Crippen LogP contribution < -0.4 is 0 Å². The van der Waals surface area contributed by atoms with Gasteiger partial charge in [-0.05, 0) is 91.6 Å². The molecule has 0 aliphatic heterocycles. The average Bonchev–Trinajstić information content (AvgIpc) is 3.06. The predicted molar refractivity (Wildman–Crippen MR) is 169 cm³/mol. The lowest BCUT2D eigenvalue weighted by Crippen LogP contribution is -2.35. The molecule has 1 atom stereocenters. The number of hydrogen-bond acceptors (Lipinski definition) is 0. The zero-order chi connectivity index (χ0) is 27.1. The molecular weight excluding hydrogens is 504 g/mol. The molecule has 0 heterocycles. The van der Waals surface area contributed by atoms with Crippen LogP contribution in [0.4, 0.5) is 0 Å². The van der Waals surface area contributed by atoms with Gasteiger partial charge in [-0.25, -0.2) is 0 Å². The molecule has 0 unspecified atom stereocenters. The van der Waals surface area contributed by atoms with Crippen LogP contribution in [0.15, 0.2) is 126 Å². The van der Waals surface area contributed by atoms with E-state index in [1.54, 1.807) is 61.2 Å². The summed E-state index contributed by atoms with van der Waals surface area (Å²) in [6, 6.07) is 42.6. The highest BCUT2D eigenvalue weighted by atomic mass is 14.5. The third kappa shape index (κ3) is 2.53. The lowest BCUT2D eigenvalue weighted by atomic mass is 9.53. The van der Waals surface area contributed by atoms with Crippen molar-refractivity contribution in [2.75, 3.05) is 0 Å². The van der Waals surface area contributed by atoms with Crippen LogP contribution in [0.3, 0.4) is 0 Å². The highest BCUT2D eigenvalue weighted by molar-refractivity contribution is 5.89. The molecule has 198 valence electrons. The van der Waals surface area contributed by atoms with Crippen molar-refractivity contribution in [1.82, 2.24) is 0 Å². The maximum atomic E-state index is 2.70. The number of benzene rings is 5. The molecule has 5 aromatic carbocycles. The van der Waals surface area contributed by atoms with Crippen molar-refractivity contribution in [3.8, 4) is 0 Å². The Kier molecular flexibility index (Phi) is 4.07. The Morgan fingerprint density at radius 3 is 1.55 bits per heavy atom. The molecule has 0 heteroatoms. The zero-order valence-electron chi connectivity index (χ0n) is 23.5. The third-order valence-corrected chi connectivity index (χ3v) is 11.7. The van der Waals surface area contributed by atoms with E-state index in [9.17, 15) is 0 Å². The van der Waals surface area contributed by atoms with Gasteiger partial charge in [0.25, 0.3) is 0 Å². The Balaban J connectivity index is 1.15. The van der Waals surface area contributed by atoms with Crippen LogP contribution in [0.5, 0.6) is 0 Å². The van der Waals surface area contributed by atoms with Crippen LogP contribution >= 0.6 is 0 Å². The van der Waals surface area contributed by atoms with Gasteiger partial charge in [0.2, 0.25) is 0 Å². The Morgan fingerprint density at radius 2 is 0.952 bits per heavy atom. The quantitative estimate of drug-likeness (QED) is 0.174. The monoisotopic (exact) mass is 534 g/mol. The van der Waals surface area contributed by atoms with Gasteiger partial charge in [-0.15, -0.1) is 0 Å². The summed E-state index contributed by atoms with van der Waals surface area (Å²) >= 11 is 0. The summed E-state index contributed by atoms with van der Waals surface area (Å²) in [5.41, 5.74) is 23.6. The van der Waals surface area contributed by atoms with E-state index in [4.69, 9.17) is 0 Å². The minimum absolute atomic E-state index is 0.345. The van der Waals surface area contributed by atoms with Crippen molar-refractivity contribution in [1.29, 1.82) is 0 Å². The third-order valence-electron chi connectivity index (χ3n) is 11.7. The van der Waals surface area contributed by atoms with Gasteiger partial charge >= 0.3 is 0 Å². The molecule has 5 aromatic rings. The minimum atomic E-state index is 0.345. The number of rotatable bonds is 0. The summed E-state index contributed by atoms with van der Waals surface area (Å²) in [5.74, 6) is 1.96. The summed E-state index contributed by atoms with van der Waals surface area (Å²) in [7, 11) is 0. The molecule has 0 nitrogen and oxygen atoms in total. The van der Waals surface area contributed by atoms with Crippen LogP contribution in [-0.4, -0.2) is 0 Å². The first-order valence-corrected chi connectivity index (χ1v) is 15.8. The van der Waals surface area contributed by atoms with Crippen LogP contribution in [0.2, 0.25) is 0 Å². The van der Waals surface area contributed by atoms with Crippen molar-refractivity contribution in [3.63, 3.8) is 0 Å². The van der Waals surface area contributed by atoms with Crippen LogP contribution in [0, 0.1) is 0 Å². The fourth-order valence-corrected chi connectivity index (χ4v) is 10.3. The van der Waals surface area contributed by atoms with Crippen LogP contribution in [-0.2, 0) is 12.8 Å². The van der Waals surface area contributed by atoms with Gasteiger partial charge in [-0.3, -0.25) is 0 Å². The molecule has 42 heavy (non-hydrogen) atoms. The van der Waals surface area contributed by atoms with Crippen molar-refractivity contribution in [3.05, 3.63) is 193 Å². The van der Waals surface area contributed by atoms with E-state index in [0.717, 1.165) is 12.8 Å². The van der Waals surface area contributed by atoms with Crippen molar-refractivity contribution in [2.24, 2.45) is 0 Å². The highest BCUT2D eigenvalue weighted by Crippen LogP contribution is 2.65. The van der Waals surface area contributed by atoms with E-state index >= 15 is 0 Å². The maximum absolute atomic E-state index is 2.70. The van der Waals surface area contributed by atoms with Gasteiger partial charge in [0.1, 0.15) is 0 Å². The molecule has 0 N–H and O–H groups in total. The summed E-state index contributed by atoms with van der Waals surface area (Å²) in [4.78, 5) is 0. The molecule has 0 saturated carbocycles. The maximum Gasteiger partial charge on any atom is 0.0352 e.